The molecule has 0 aliphatic carbocycles. The number of carbonyl (C=O) groups excluding carboxylic acids is 2. The summed E-state index contributed by atoms with van der Waals surface area (Å²) in [4.78, 5) is 23.9. The van der Waals surface area contributed by atoms with Crippen molar-refractivity contribution in [1.82, 2.24) is 9.80 Å². The molecule has 0 aromatic heterocycles. The van der Waals surface area contributed by atoms with Gasteiger partial charge in [0.25, 0.3) is 0 Å². The molecule has 3 amide bonds. The van der Waals surface area contributed by atoms with Gasteiger partial charge in [0.05, 0.1) is 0 Å². The third-order valence-electron chi connectivity index (χ3n) is 1.36. The Kier molecular flexibility index (Phi) is 30.3. The molecule has 0 N–H and O–H groups in total. The van der Waals surface area contributed by atoms with Crippen LogP contribution in [-0.4, -0.2) is 42.4 Å². The van der Waals surface area contributed by atoms with Crippen LogP contribution in [0.3, 0.4) is 0 Å². The normalized spacial score (nSPS) is 11.9. The zero-order valence-electron chi connectivity index (χ0n) is 14.1. The van der Waals surface area contributed by atoms with Crippen LogP contribution < -0.4 is 0 Å². The minimum Gasteiger partial charge on any atom is -0.318 e. The fourth-order valence-electron chi connectivity index (χ4n) is 0.739. The molecule has 1 aliphatic rings. The van der Waals surface area contributed by atoms with E-state index in [0.717, 1.165) is 4.90 Å². The Morgan fingerprint density at radius 1 is 0.889 bits per heavy atom. The van der Waals surface area contributed by atoms with Crippen molar-refractivity contribution in [3.8, 4) is 0 Å². The van der Waals surface area contributed by atoms with Crippen LogP contribution in [0.25, 0.3) is 0 Å². The lowest BCUT2D eigenvalue weighted by molar-refractivity contribution is -0.124. The molecule has 18 heavy (non-hydrogen) atoms. The minimum absolute atomic E-state index is 0.137. The van der Waals surface area contributed by atoms with Gasteiger partial charge in [0.2, 0.25) is 5.91 Å². The highest BCUT2D eigenvalue weighted by molar-refractivity contribution is 6.01. The molecule has 0 atom stereocenters. The van der Waals surface area contributed by atoms with Crippen LogP contribution in [0.15, 0.2) is 0 Å². The Balaban J connectivity index is -0.0000000925. The van der Waals surface area contributed by atoms with Crippen LogP contribution >= 0.6 is 0 Å². The third kappa shape index (κ3) is 13.0. The van der Waals surface area contributed by atoms with E-state index in [1.807, 2.05) is 41.5 Å². The highest BCUT2D eigenvalue weighted by atomic mass is 16.2. The van der Waals surface area contributed by atoms with Gasteiger partial charge in [-0.15, -0.1) is 0 Å². The van der Waals surface area contributed by atoms with Crippen LogP contribution in [0.1, 0.15) is 61.8 Å². The Hall–Kier alpha value is -1.06. The topological polar surface area (TPSA) is 40.6 Å². The van der Waals surface area contributed by atoms with Crippen molar-refractivity contribution >= 4 is 11.9 Å². The second kappa shape index (κ2) is 21.2. The van der Waals surface area contributed by atoms with Gasteiger partial charge >= 0.3 is 6.03 Å². The predicted octanol–water partition coefficient (Wildman–Crippen LogP) is 4.01. The molecule has 4 heteroatoms. The van der Waals surface area contributed by atoms with Crippen LogP contribution in [0.4, 0.5) is 4.79 Å². The van der Waals surface area contributed by atoms with E-state index in [4.69, 9.17) is 0 Å². The van der Waals surface area contributed by atoms with Crippen molar-refractivity contribution in [3.05, 3.63) is 0 Å². The monoisotopic (exact) mass is 262 g/mol. The van der Waals surface area contributed by atoms with Crippen molar-refractivity contribution in [2.45, 2.75) is 61.8 Å². The van der Waals surface area contributed by atoms with E-state index in [0.29, 0.717) is 0 Å². The Morgan fingerprint density at radius 3 is 1.22 bits per heavy atom. The molecule has 1 rings (SSSR count). The molecule has 0 aromatic rings. The van der Waals surface area contributed by atoms with Crippen molar-refractivity contribution in [2.24, 2.45) is 0 Å². The van der Waals surface area contributed by atoms with Crippen molar-refractivity contribution < 1.29 is 9.59 Å². The first-order valence-electron chi connectivity index (χ1n) is 7.06. The van der Waals surface area contributed by atoms with Gasteiger partial charge in [0.1, 0.15) is 6.54 Å². The average molecular weight is 262 g/mol. The number of likely N-dealkylation sites (N-methyl/N-ethyl adjacent to an activating group) is 2. The molecule has 1 heterocycles. The Bertz CT molecular complexity index is 183. The second-order valence-electron chi connectivity index (χ2n) is 2.80. The summed E-state index contributed by atoms with van der Waals surface area (Å²) >= 11 is 0. The highest BCUT2D eigenvalue weighted by Gasteiger charge is 2.29. The molecular weight excluding hydrogens is 228 g/mol. The van der Waals surface area contributed by atoms with Crippen molar-refractivity contribution in [3.63, 3.8) is 0 Å². The van der Waals surface area contributed by atoms with E-state index in [2.05, 4.69) is 13.8 Å². The van der Waals surface area contributed by atoms with Gasteiger partial charge in [-0.05, 0) is 0 Å². The summed E-state index contributed by atoms with van der Waals surface area (Å²) < 4.78 is 0. The molecule has 0 unspecified atom stereocenters. The van der Waals surface area contributed by atoms with Gasteiger partial charge in [-0.3, -0.25) is 9.69 Å². The number of amides is 3. The zero-order chi connectivity index (χ0) is 15.7. The number of urea groups is 1. The number of imide groups is 1. The highest BCUT2D eigenvalue weighted by Crippen LogP contribution is 2.02. The lowest BCUT2D eigenvalue weighted by Gasteiger charge is -2.05. The summed E-state index contributed by atoms with van der Waals surface area (Å²) in [6, 6.07) is -0.222. The Morgan fingerprint density at radius 2 is 1.17 bits per heavy atom. The fourth-order valence-corrected chi connectivity index (χ4v) is 0.739. The van der Waals surface area contributed by atoms with E-state index < -0.39 is 0 Å². The Labute approximate surface area is 114 Å². The standard InChI is InChI=1S/C5H8N2O2.C3H8.3C2H6/c1-6-3-4(8)7(2)5(6)9;1-3-2;3*1-2/h3H2,1-2H3;3H2,1-2H3;3*1-2H3. The first kappa shape index (κ1) is 25.7. The lowest BCUT2D eigenvalue weighted by atomic mass is 10.6. The number of rotatable bonds is 0. The first-order valence-corrected chi connectivity index (χ1v) is 7.06. The van der Waals surface area contributed by atoms with E-state index in [1.165, 1.54) is 18.4 Å². The maximum absolute atomic E-state index is 10.7. The van der Waals surface area contributed by atoms with Gasteiger partial charge in [-0.2, -0.15) is 0 Å². The minimum atomic E-state index is -0.222. The molecular formula is C14H34N2O2. The van der Waals surface area contributed by atoms with E-state index in [9.17, 15) is 9.59 Å². The molecule has 112 valence electrons. The zero-order valence-corrected chi connectivity index (χ0v) is 14.1. The van der Waals surface area contributed by atoms with E-state index in [1.54, 1.807) is 7.05 Å². The molecule has 4 nitrogen and oxygen atoms in total. The van der Waals surface area contributed by atoms with Crippen molar-refractivity contribution in [1.29, 1.82) is 0 Å². The number of carbonyl (C=O) groups is 2. The summed E-state index contributed by atoms with van der Waals surface area (Å²) in [5, 5.41) is 0. The summed E-state index contributed by atoms with van der Waals surface area (Å²) in [6.45, 7) is 16.5. The van der Waals surface area contributed by atoms with E-state index in [-0.39, 0.29) is 18.5 Å². The molecule has 1 saturated heterocycles. The second-order valence-corrected chi connectivity index (χ2v) is 2.80. The summed E-state index contributed by atoms with van der Waals surface area (Å²) in [5.41, 5.74) is 0. The average Bonchev–Trinajstić information content (AvgIpc) is 2.64. The van der Waals surface area contributed by atoms with Crippen molar-refractivity contribution in [2.75, 3.05) is 20.6 Å². The van der Waals surface area contributed by atoms with Crippen LogP contribution in [0.2, 0.25) is 0 Å². The van der Waals surface area contributed by atoms with Crippen LogP contribution in [-0.2, 0) is 4.79 Å². The molecule has 0 spiro atoms. The number of nitrogens with zero attached hydrogens (tertiary/aromatic N) is 2. The lowest BCUT2D eigenvalue weighted by Crippen LogP contribution is -2.27. The van der Waals surface area contributed by atoms with Gasteiger partial charge < -0.3 is 4.90 Å². The predicted molar refractivity (Wildman–Crippen MR) is 80.8 cm³/mol. The molecule has 1 aliphatic heterocycles. The maximum atomic E-state index is 10.7. The van der Waals surface area contributed by atoms with E-state index >= 15 is 0 Å². The summed E-state index contributed by atoms with van der Waals surface area (Å²) in [6.07, 6.45) is 1.25. The quantitative estimate of drug-likeness (QED) is 0.619. The number of hydrogen-bond donors (Lipinski definition) is 0. The largest absolute Gasteiger partial charge is 0.326 e. The summed E-state index contributed by atoms with van der Waals surface area (Å²) in [5.74, 6) is -0.137. The van der Waals surface area contributed by atoms with Crippen LogP contribution in [0.5, 0.6) is 0 Å². The van der Waals surface area contributed by atoms with Gasteiger partial charge in [-0.1, -0.05) is 61.8 Å². The summed E-state index contributed by atoms with van der Waals surface area (Å²) in [7, 11) is 3.08. The third-order valence-corrected chi connectivity index (χ3v) is 1.36. The molecule has 0 radical (unpaired) electrons. The fraction of sp³-hybridized carbons (Fsp3) is 0.857. The van der Waals surface area contributed by atoms with Gasteiger partial charge in [-0.25, -0.2) is 4.79 Å². The SMILES string of the molecule is CC.CC.CC.CCC.CN1CC(=O)N(C)C1=O. The molecule has 0 bridgehead atoms. The molecule has 0 aromatic carbocycles. The first-order chi connectivity index (χ1) is 8.54. The molecule has 1 fully saturated rings. The van der Waals surface area contributed by atoms with Gasteiger partial charge in [0.15, 0.2) is 0 Å². The van der Waals surface area contributed by atoms with Crippen LogP contribution in [0, 0.1) is 0 Å². The maximum Gasteiger partial charge on any atom is 0.326 e. The smallest absolute Gasteiger partial charge is 0.318 e. The number of hydrogen-bond acceptors (Lipinski definition) is 2. The van der Waals surface area contributed by atoms with Gasteiger partial charge in [0, 0.05) is 14.1 Å². The molecule has 0 saturated carbocycles.